The summed E-state index contributed by atoms with van der Waals surface area (Å²) in [4.78, 5) is 0.982. The summed E-state index contributed by atoms with van der Waals surface area (Å²) in [5.41, 5.74) is 6.60. The van der Waals surface area contributed by atoms with E-state index in [9.17, 15) is 8.78 Å². The van der Waals surface area contributed by atoms with Crippen molar-refractivity contribution in [1.82, 2.24) is 0 Å². The summed E-state index contributed by atoms with van der Waals surface area (Å²) in [6, 6.07) is 4.84. The number of aryl methyl sites for hydroxylation is 1. The first kappa shape index (κ1) is 11.2. The highest BCUT2D eigenvalue weighted by molar-refractivity contribution is 7.10. The van der Waals surface area contributed by atoms with Gasteiger partial charge in [0.15, 0.2) is 0 Å². The molecule has 0 amide bonds. The molecule has 1 unspecified atom stereocenters. The van der Waals surface area contributed by atoms with Crippen molar-refractivity contribution in [3.05, 3.63) is 57.3 Å². The van der Waals surface area contributed by atoms with Gasteiger partial charge in [-0.15, -0.1) is 11.3 Å². The lowest BCUT2D eigenvalue weighted by molar-refractivity contribution is 0.543. The van der Waals surface area contributed by atoms with Crippen LogP contribution in [0.4, 0.5) is 8.78 Å². The molecule has 84 valence electrons. The summed E-state index contributed by atoms with van der Waals surface area (Å²) in [6.45, 7) is 1.89. The Balaban J connectivity index is 2.49. The Labute approximate surface area is 96.5 Å². The fourth-order valence-electron chi connectivity index (χ4n) is 1.68. The van der Waals surface area contributed by atoms with E-state index in [0.717, 1.165) is 10.4 Å². The molecule has 1 atom stereocenters. The minimum atomic E-state index is -0.743. The van der Waals surface area contributed by atoms with Gasteiger partial charge in [0, 0.05) is 10.4 Å². The molecule has 0 spiro atoms. The Morgan fingerprint density at radius 1 is 1.19 bits per heavy atom. The topological polar surface area (TPSA) is 26.0 Å². The van der Waals surface area contributed by atoms with Crippen LogP contribution < -0.4 is 5.73 Å². The number of rotatable bonds is 2. The van der Waals surface area contributed by atoms with E-state index >= 15 is 0 Å². The molecule has 0 aliphatic rings. The normalized spacial score (nSPS) is 12.8. The molecule has 1 aromatic heterocycles. The van der Waals surface area contributed by atoms with E-state index in [4.69, 9.17) is 5.73 Å². The van der Waals surface area contributed by atoms with Gasteiger partial charge < -0.3 is 5.73 Å². The lowest BCUT2D eigenvalue weighted by Crippen LogP contribution is -2.15. The minimum absolute atomic E-state index is 0.0657. The van der Waals surface area contributed by atoms with Crippen molar-refractivity contribution in [2.75, 3.05) is 0 Å². The summed E-state index contributed by atoms with van der Waals surface area (Å²) < 4.78 is 27.0. The second kappa shape index (κ2) is 4.31. The standard InChI is InChI=1S/C12H11F2NS/c1-7-8(5-6-16-7)12(15)11-9(13)3-2-4-10(11)14/h2-6,12H,15H2,1H3. The van der Waals surface area contributed by atoms with Crippen LogP contribution in [0.25, 0.3) is 0 Å². The third kappa shape index (κ3) is 1.86. The van der Waals surface area contributed by atoms with E-state index in [1.807, 2.05) is 12.3 Å². The first-order valence-corrected chi connectivity index (χ1v) is 5.72. The van der Waals surface area contributed by atoms with Crippen LogP contribution in [-0.4, -0.2) is 0 Å². The zero-order valence-electron chi connectivity index (χ0n) is 8.71. The molecule has 2 aromatic rings. The molecule has 1 heterocycles. The van der Waals surface area contributed by atoms with E-state index in [1.165, 1.54) is 29.5 Å². The van der Waals surface area contributed by atoms with Gasteiger partial charge in [-0.1, -0.05) is 6.07 Å². The average molecular weight is 239 g/mol. The third-order valence-electron chi connectivity index (χ3n) is 2.54. The summed E-state index contributed by atoms with van der Waals surface area (Å²) >= 11 is 1.51. The molecule has 0 aliphatic heterocycles. The van der Waals surface area contributed by atoms with E-state index in [2.05, 4.69) is 0 Å². The highest BCUT2D eigenvalue weighted by Crippen LogP contribution is 2.29. The van der Waals surface area contributed by atoms with E-state index in [1.54, 1.807) is 6.07 Å². The van der Waals surface area contributed by atoms with Crippen LogP contribution in [0.3, 0.4) is 0 Å². The van der Waals surface area contributed by atoms with Crippen LogP contribution in [0, 0.1) is 18.6 Å². The summed E-state index contributed by atoms with van der Waals surface area (Å²) in [5.74, 6) is -1.20. The van der Waals surface area contributed by atoms with Crippen LogP contribution in [0.1, 0.15) is 22.0 Å². The Hall–Kier alpha value is -1.26. The van der Waals surface area contributed by atoms with Crippen LogP contribution in [0.5, 0.6) is 0 Å². The molecule has 0 radical (unpaired) electrons. The Morgan fingerprint density at radius 3 is 2.31 bits per heavy atom. The van der Waals surface area contributed by atoms with Crippen molar-refractivity contribution in [2.24, 2.45) is 5.73 Å². The number of hydrogen-bond acceptors (Lipinski definition) is 2. The first-order chi connectivity index (χ1) is 7.61. The molecule has 4 heteroatoms. The maximum absolute atomic E-state index is 13.5. The molecular formula is C12H11F2NS. The number of benzene rings is 1. The molecule has 2 N–H and O–H groups in total. The van der Waals surface area contributed by atoms with Crippen molar-refractivity contribution in [1.29, 1.82) is 0 Å². The van der Waals surface area contributed by atoms with Crippen molar-refractivity contribution in [3.8, 4) is 0 Å². The summed E-state index contributed by atoms with van der Waals surface area (Å²) in [5, 5.41) is 1.86. The van der Waals surface area contributed by atoms with Crippen molar-refractivity contribution in [2.45, 2.75) is 13.0 Å². The van der Waals surface area contributed by atoms with Crippen LogP contribution in [0.2, 0.25) is 0 Å². The van der Waals surface area contributed by atoms with Gasteiger partial charge in [-0.05, 0) is 36.1 Å². The number of hydrogen-bond donors (Lipinski definition) is 1. The second-order valence-corrected chi connectivity index (χ2v) is 4.67. The van der Waals surface area contributed by atoms with Crippen LogP contribution in [0.15, 0.2) is 29.6 Å². The first-order valence-electron chi connectivity index (χ1n) is 4.84. The molecular weight excluding hydrogens is 228 g/mol. The molecule has 16 heavy (non-hydrogen) atoms. The van der Waals surface area contributed by atoms with Gasteiger partial charge in [0.25, 0.3) is 0 Å². The monoisotopic (exact) mass is 239 g/mol. The highest BCUT2D eigenvalue weighted by Gasteiger charge is 2.19. The second-order valence-electron chi connectivity index (χ2n) is 3.55. The molecule has 0 aliphatic carbocycles. The number of thiophene rings is 1. The predicted molar refractivity (Wildman–Crippen MR) is 61.4 cm³/mol. The average Bonchev–Trinajstić information content (AvgIpc) is 2.64. The Bertz CT molecular complexity index is 487. The van der Waals surface area contributed by atoms with Crippen LogP contribution in [-0.2, 0) is 0 Å². The smallest absolute Gasteiger partial charge is 0.131 e. The SMILES string of the molecule is Cc1sccc1C(N)c1c(F)cccc1F. The van der Waals surface area contributed by atoms with Gasteiger partial charge in [0.05, 0.1) is 6.04 Å². The van der Waals surface area contributed by atoms with Crippen molar-refractivity contribution >= 4 is 11.3 Å². The molecule has 1 aromatic carbocycles. The minimum Gasteiger partial charge on any atom is -0.320 e. The number of halogens is 2. The molecule has 1 nitrogen and oxygen atoms in total. The Morgan fingerprint density at radius 2 is 1.81 bits per heavy atom. The third-order valence-corrected chi connectivity index (χ3v) is 3.41. The van der Waals surface area contributed by atoms with Gasteiger partial charge in [0.1, 0.15) is 11.6 Å². The summed E-state index contributed by atoms with van der Waals surface area (Å²) in [6.07, 6.45) is 0. The number of nitrogens with two attached hydrogens (primary N) is 1. The molecule has 0 bridgehead atoms. The lowest BCUT2D eigenvalue weighted by atomic mass is 9.99. The Kier molecular flexibility index (Phi) is 3.03. The van der Waals surface area contributed by atoms with Gasteiger partial charge in [-0.3, -0.25) is 0 Å². The molecule has 0 saturated heterocycles. The molecule has 0 fully saturated rings. The van der Waals surface area contributed by atoms with Crippen LogP contribution >= 0.6 is 11.3 Å². The van der Waals surface area contributed by atoms with Crippen molar-refractivity contribution in [3.63, 3.8) is 0 Å². The van der Waals surface area contributed by atoms with Gasteiger partial charge >= 0.3 is 0 Å². The maximum atomic E-state index is 13.5. The lowest BCUT2D eigenvalue weighted by Gasteiger charge is -2.13. The fourth-order valence-corrected chi connectivity index (χ4v) is 2.43. The maximum Gasteiger partial charge on any atom is 0.131 e. The van der Waals surface area contributed by atoms with Gasteiger partial charge in [0.2, 0.25) is 0 Å². The zero-order valence-corrected chi connectivity index (χ0v) is 9.52. The zero-order chi connectivity index (χ0) is 11.7. The molecule has 0 saturated carbocycles. The molecule has 2 rings (SSSR count). The van der Waals surface area contributed by atoms with E-state index in [-0.39, 0.29) is 5.56 Å². The largest absolute Gasteiger partial charge is 0.320 e. The quantitative estimate of drug-likeness (QED) is 0.854. The highest BCUT2D eigenvalue weighted by atomic mass is 32.1. The predicted octanol–water partition coefficient (Wildman–Crippen LogP) is 3.38. The van der Waals surface area contributed by atoms with E-state index in [0.29, 0.717) is 0 Å². The van der Waals surface area contributed by atoms with Gasteiger partial charge in [-0.2, -0.15) is 0 Å². The van der Waals surface area contributed by atoms with E-state index < -0.39 is 17.7 Å². The van der Waals surface area contributed by atoms with Gasteiger partial charge in [-0.25, -0.2) is 8.78 Å². The fraction of sp³-hybridized carbons (Fsp3) is 0.167. The summed E-state index contributed by atoms with van der Waals surface area (Å²) in [7, 11) is 0. The van der Waals surface area contributed by atoms with Crippen molar-refractivity contribution < 1.29 is 8.78 Å².